The van der Waals surface area contributed by atoms with Crippen LogP contribution in [0.2, 0.25) is 0 Å². The minimum absolute atomic E-state index is 0.223. The van der Waals surface area contributed by atoms with Gasteiger partial charge in [-0.15, -0.1) is 0 Å². The number of hydrogen-bond acceptors (Lipinski definition) is 5. The maximum atomic E-state index is 13.1. The van der Waals surface area contributed by atoms with Crippen LogP contribution in [0.5, 0.6) is 0 Å². The van der Waals surface area contributed by atoms with Gasteiger partial charge in [0.2, 0.25) is 5.91 Å². The van der Waals surface area contributed by atoms with Crippen LogP contribution in [0.25, 0.3) is 11.0 Å². The van der Waals surface area contributed by atoms with Gasteiger partial charge in [-0.2, -0.15) is 0 Å². The number of imidazole rings is 1. The number of nitrogens with zero attached hydrogens (tertiary/aromatic N) is 2. The molecule has 1 saturated heterocycles. The van der Waals surface area contributed by atoms with Crippen molar-refractivity contribution in [2.75, 3.05) is 6.61 Å². The summed E-state index contributed by atoms with van der Waals surface area (Å²) in [6, 6.07) is 15.5. The van der Waals surface area contributed by atoms with E-state index in [0.717, 1.165) is 35.3 Å². The molecule has 0 bridgehead atoms. The molecule has 6 rings (SSSR count). The summed E-state index contributed by atoms with van der Waals surface area (Å²) in [4.78, 5) is 30.2. The first-order chi connectivity index (χ1) is 17.0. The van der Waals surface area contributed by atoms with E-state index >= 15 is 0 Å². The first-order valence-corrected chi connectivity index (χ1v) is 12.5. The highest BCUT2D eigenvalue weighted by Crippen LogP contribution is 2.44. The van der Waals surface area contributed by atoms with Gasteiger partial charge in [-0.3, -0.25) is 14.8 Å². The normalized spacial score (nSPS) is 25.9. The van der Waals surface area contributed by atoms with Crippen molar-refractivity contribution >= 4 is 22.8 Å². The number of para-hydroxylation sites is 2. The Morgan fingerprint density at radius 3 is 2.63 bits per heavy atom. The molecule has 2 aromatic carbocycles. The summed E-state index contributed by atoms with van der Waals surface area (Å²) in [5, 5.41) is 12.2. The van der Waals surface area contributed by atoms with Crippen LogP contribution in [0.4, 0.5) is 0 Å². The van der Waals surface area contributed by atoms with E-state index in [9.17, 15) is 14.8 Å². The largest absolute Gasteiger partial charge is 0.375 e. The minimum atomic E-state index is -0.517. The third-order valence-corrected chi connectivity index (χ3v) is 7.80. The number of aromatic nitrogens is 2. The second-order valence-corrected chi connectivity index (χ2v) is 10.2. The number of hydroxylamine groups is 1. The van der Waals surface area contributed by atoms with E-state index in [2.05, 4.69) is 22.0 Å². The van der Waals surface area contributed by atoms with Gasteiger partial charge in [0, 0.05) is 30.7 Å². The fourth-order valence-corrected chi connectivity index (χ4v) is 5.87. The van der Waals surface area contributed by atoms with Crippen molar-refractivity contribution in [2.24, 2.45) is 5.92 Å². The van der Waals surface area contributed by atoms with Crippen LogP contribution in [0, 0.1) is 5.92 Å². The molecule has 3 aromatic rings. The molecular formula is C27H30N4O4. The number of carbonyl (C=O) groups is 2. The fraction of sp³-hybridized carbons (Fsp3) is 0.444. The van der Waals surface area contributed by atoms with E-state index in [1.807, 2.05) is 36.4 Å². The zero-order chi connectivity index (χ0) is 24.0. The lowest BCUT2D eigenvalue weighted by Crippen LogP contribution is -2.43. The van der Waals surface area contributed by atoms with Gasteiger partial charge in [0.25, 0.3) is 5.91 Å². The second kappa shape index (κ2) is 8.77. The Bertz CT molecular complexity index is 1260. The van der Waals surface area contributed by atoms with Gasteiger partial charge < -0.3 is 14.6 Å². The highest BCUT2D eigenvalue weighted by Gasteiger charge is 2.51. The van der Waals surface area contributed by atoms with Gasteiger partial charge in [-0.25, -0.2) is 10.5 Å². The lowest BCUT2D eigenvalue weighted by molar-refractivity contribution is -0.134. The lowest BCUT2D eigenvalue weighted by Gasteiger charge is -2.22. The van der Waals surface area contributed by atoms with Crippen LogP contribution in [0.15, 0.2) is 48.5 Å². The van der Waals surface area contributed by atoms with Crippen molar-refractivity contribution in [2.45, 2.75) is 62.6 Å². The van der Waals surface area contributed by atoms with Crippen molar-refractivity contribution in [1.82, 2.24) is 20.3 Å². The Morgan fingerprint density at radius 2 is 1.91 bits per heavy atom. The van der Waals surface area contributed by atoms with E-state index < -0.39 is 11.8 Å². The maximum absolute atomic E-state index is 13.1. The van der Waals surface area contributed by atoms with Crippen molar-refractivity contribution < 1.29 is 19.5 Å². The molecule has 8 heteroatoms. The Kier molecular flexibility index (Phi) is 5.57. The van der Waals surface area contributed by atoms with Gasteiger partial charge >= 0.3 is 0 Å². The van der Waals surface area contributed by atoms with E-state index in [1.54, 1.807) is 5.48 Å². The summed E-state index contributed by atoms with van der Waals surface area (Å²) in [5.41, 5.74) is 5.18. The Balaban J connectivity index is 1.18. The van der Waals surface area contributed by atoms with E-state index in [-0.39, 0.29) is 17.6 Å². The Hall–Kier alpha value is -3.23. The summed E-state index contributed by atoms with van der Waals surface area (Å²) in [7, 11) is 0. The van der Waals surface area contributed by atoms with Crippen LogP contribution < -0.4 is 10.8 Å². The molecule has 35 heavy (non-hydrogen) atoms. The van der Waals surface area contributed by atoms with Crippen LogP contribution in [-0.4, -0.2) is 44.8 Å². The van der Waals surface area contributed by atoms with Crippen molar-refractivity contribution in [3.63, 3.8) is 0 Å². The highest BCUT2D eigenvalue weighted by atomic mass is 16.5. The number of benzene rings is 2. The van der Waals surface area contributed by atoms with Crippen LogP contribution in [0.1, 0.15) is 66.2 Å². The summed E-state index contributed by atoms with van der Waals surface area (Å²) >= 11 is 0. The molecule has 2 heterocycles. The summed E-state index contributed by atoms with van der Waals surface area (Å²) in [5.74, 6) is 0.466. The molecule has 3 N–H and O–H groups in total. The second-order valence-electron chi connectivity index (χ2n) is 10.2. The first-order valence-electron chi connectivity index (χ1n) is 12.5. The van der Waals surface area contributed by atoms with Crippen LogP contribution >= 0.6 is 0 Å². The molecule has 2 amide bonds. The zero-order valence-electron chi connectivity index (χ0n) is 19.6. The zero-order valence-corrected chi connectivity index (χ0v) is 19.6. The minimum Gasteiger partial charge on any atom is -0.375 e. The topological polar surface area (TPSA) is 105 Å². The predicted octanol–water partition coefficient (Wildman–Crippen LogP) is 3.53. The molecule has 2 aliphatic carbocycles. The molecule has 1 aliphatic heterocycles. The Morgan fingerprint density at radius 1 is 1.11 bits per heavy atom. The molecule has 2 saturated carbocycles. The molecule has 0 unspecified atom stereocenters. The van der Waals surface area contributed by atoms with Gasteiger partial charge in [-0.05, 0) is 68.4 Å². The molecule has 3 aliphatic rings. The molecule has 1 spiro atoms. The van der Waals surface area contributed by atoms with Crippen molar-refractivity contribution in [3.05, 3.63) is 65.5 Å². The summed E-state index contributed by atoms with van der Waals surface area (Å²) in [6.07, 6.45) is 5.27. The third-order valence-electron chi connectivity index (χ3n) is 7.80. The molecule has 8 nitrogen and oxygen atoms in total. The highest BCUT2D eigenvalue weighted by molar-refractivity contribution is 5.95. The number of rotatable bonds is 6. The number of ether oxygens (including phenoxy) is 1. The number of carbonyl (C=O) groups excluding carboxylic acids is 2. The standard InChI is InChI=1S/C27H30N4O4/c32-25(29-22-15-27(12-3-13-35-27)14-20(22)26(33)30-34)19-8-6-17(7-9-19)16-31-23-5-2-1-4-21(23)28-24(31)18-10-11-18/h1-2,4-9,18,20,22,34H,3,10-16H2,(H,29,32)(H,30,33)/t20-,22+,27+/m0/s1. The quantitative estimate of drug-likeness (QED) is 0.374. The lowest BCUT2D eigenvalue weighted by atomic mass is 9.96. The summed E-state index contributed by atoms with van der Waals surface area (Å²) in [6.45, 7) is 1.37. The van der Waals surface area contributed by atoms with E-state index in [4.69, 9.17) is 9.72 Å². The van der Waals surface area contributed by atoms with E-state index in [0.29, 0.717) is 37.5 Å². The number of fused-ring (bicyclic) bond motifs is 1. The molecular weight excluding hydrogens is 444 g/mol. The predicted molar refractivity (Wildman–Crippen MR) is 129 cm³/mol. The SMILES string of the molecule is O=C(N[C@@H]1C[C@@]2(CCCO2)C[C@@H]1C(=O)NO)c1ccc(Cn2c(C3CC3)nc3ccccc32)cc1. The van der Waals surface area contributed by atoms with Gasteiger partial charge in [-0.1, -0.05) is 24.3 Å². The molecule has 1 aromatic heterocycles. The molecule has 182 valence electrons. The van der Waals surface area contributed by atoms with Crippen LogP contribution in [0.3, 0.4) is 0 Å². The van der Waals surface area contributed by atoms with Gasteiger partial charge in [0.05, 0.1) is 22.6 Å². The maximum Gasteiger partial charge on any atom is 0.251 e. The smallest absolute Gasteiger partial charge is 0.251 e. The van der Waals surface area contributed by atoms with Crippen molar-refractivity contribution in [3.8, 4) is 0 Å². The average Bonchev–Trinajstić information content (AvgIpc) is 3.37. The first kappa shape index (κ1) is 22.2. The van der Waals surface area contributed by atoms with Gasteiger partial charge in [0.15, 0.2) is 0 Å². The molecule has 0 radical (unpaired) electrons. The van der Waals surface area contributed by atoms with Crippen LogP contribution in [-0.2, 0) is 16.1 Å². The monoisotopic (exact) mass is 474 g/mol. The van der Waals surface area contributed by atoms with Gasteiger partial charge in [0.1, 0.15) is 5.82 Å². The number of hydrogen-bond donors (Lipinski definition) is 3. The third kappa shape index (κ3) is 4.21. The summed E-state index contributed by atoms with van der Waals surface area (Å²) < 4.78 is 8.24. The Labute approximate surface area is 203 Å². The van der Waals surface area contributed by atoms with Crippen molar-refractivity contribution in [1.29, 1.82) is 0 Å². The number of nitrogens with one attached hydrogen (secondary N) is 2. The molecule has 3 atom stereocenters. The average molecular weight is 475 g/mol. The number of amides is 2. The fourth-order valence-electron chi connectivity index (χ4n) is 5.87. The molecule has 3 fully saturated rings. The van der Waals surface area contributed by atoms with E-state index in [1.165, 1.54) is 12.8 Å².